The summed E-state index contributed by atoms with van der Waals surface area (Å²) in [5, 5.41) is 11.9. The summed E-state index contributed by atoms with van der Waals surface area (Å²) in [4.78, 5) is 38.3. The van der Waals surface area contributed by atoms with E-state index >= 15 is 0 Å². The molecule has 28 heavy (non-hydrogen) atoms. The molecule has 2 aromatic carbocycles. The lowest BCUT2D eigenvalue weighted by atomic mass is 9.98. The van der Waals surface area contributed by atoms with Gasteiger partial charge in [0.05, 0.1) is 23.2 Å². The highest BCUT2D eigenvalue weighted by Gasteiger charge is 2.23. The third-order valence-corrected chi connectivity index (χ3v) is 5.04. The van der Waals surface area contributed by atoms with Crippen molar-refractivity contribution in [1.82, 2.24) is 4.90 Å². The number of anilines is 1. The monoisotopic (exact) mass is 380 g/mol. The number of para-hydroxylation sites is 1. The number of nitrogens with zero attached hydrogens (tertiary/aromatic N) is 1. The number of carbonyl (C=O) groups is 3. The number of carbonyl (C=O) groups excluding carboxylic acids is 2. The zero-order chi connectivity index (χ0) is 20.1. The fraction of sp³-hybridized carbons (Fsp3) is 0.318. The highest BCUT2D eigenvalue weighted by atomic mass is 16.4. The number of amides is 2. The average Bonchev–Trinajstić information content (AvgIpc) is 2.68. The lowest BCUT2D eigenvalue weighted by Gasteiger charge is -2.30. The van der Waals surface area contributed by atoms with Gasteiger partial charge in [-0.05, 0) is 48.6 Å². The number of likely N-dealkylation sites (tertiary alicyclic amines) is 1. The van der Waals surface area contributed by atoms with Crippen molar-refractivity contribution in [3.05, 3.63) is 65.2 Å². The van der Waals surface area contributed by atoms with E-state index in [0.29, 0.717) is 22.7 Å². The van der Waals surface area contributed by atoms with Crippen LogP contribution in [0.15, 0.2) is 48.5 Å². The zero-order valence-electron chi connectivity index (χ0n) is 15.9. The van der Waals surface area contributed by atoms with E-state index in [-0.39, 0.29) is 23.8 Å². The van der Waals surface area contributed by atoms with E-state index in [1.165, 1.54) is 12.1 Å². The van der Waals surface area contributed by atoms with E-state index in [9.17, 15) is 14.4 Å². The number of aromatic carboxylic acids is 1. The van der Waals surface area contributed by atoms with Gasteiger partial charge in [0.15, 0.2) is 0 Å². The van der Waals surface area contributed by atoms with Crippen molar-refractivity contribution in [3.63, 3.8) is 0 Å². The molecular weight excluding hydrogens is 356 g/mol. The van der Waals surface area contributed by atoms with Gasteiger partial charge < -0.3 is 15.3 Å². The number of nitrogens with one attached hydrogen (secondary N) is 1. The Morgan fingerprint density at radius 3 is 2.50 bits per heavy atom. The van der Waals surface area contributed by atoms with Crippen LogP contribution in [-0.2, 0) is 11.2 Å². The van der Waals surface area contributed by atoms with E-state index in [1.807, 2.05) is 4.90 Å². The molecule has 1 heterocycles. The van der Waals surface area contributed by atoms with Crippen LogP contribution in [0.4, 0.5) is 5.69 Å². The van der Waals surface area contributed by atoms with Gasteiger partial charge in [0.1, 0.15) is 0 Å². The first-order valence-electron chi connectivity index (χ1n) is 9.44. The average molecular weight is 380 g/mol. The largest absolute Gasteiger partial charge is 0.478 e. The first-order chi connectivity index (χ1) is 13.4. The van der Waals surface area contributed by atoms with Gasteiger partial charge in [0.2, 0.25) is 5.91 Å². The molecule has 0 spiro atoms. The second-order valence-electron chi connectivity index (χ2n) is 7.25. The SMILES string of the molecule is CC1CCN(C(=O)c2ccccc2NC(=O)Cc2cccc(C(=O)O)c2)CC1. The maximum atomic E-state index is 12.9. The van der Waals surface area contributed by atoms with Crippen molar-refractivity contribution in [1.29, 1.82) is 0 Å². The van der Waals surface area contributed by atoms with Crippen LogP contribution in [0.25, 0.3) is 0 Å². The predicted octanol–water partition coefficient (Wildman–Crippen LogP) is 3.44. The molecule has 2 N–H and O–H groups in total. The molecule has 1 aliphatic rings. The van der Waals surface area contributed by atoms with Crippen molar-refractivity contribution in [2.45, 2.75) is 26.2 Å². The quantitative estimate of drug-likeness (QED) is 0.832. The van der Waals surface area contributed by atoms with Crippen LogP contribution in [-0.4, -0.2) is 40.9 Å². The lowest BCUT2D eigenvalue weighted by Crippen LogP contribution is -2.38. The molecule has 1 saturated heterocycles. The van der Waals surface area contributed by atoms with Crippen LogP contribution in [0.3, 0.4) is 0 Å². The Bertz CT molecular complexity index is 886. The summed E-state index contributed by atoms with van der Waals surface area (Å²) < 4.78 is 0. The van der Waals surface area contributed by atoms with E-state index < -0.39 is 5.97 Å². The summed E-state index contributed by atoms with van der Waals surface area (Å²) >= 11 is 0. The molecule has 6 nitrogen and oxygen atoms in total. The molecule has 1 aliphatic heterocycles. The Labute approximate surface area is 164 Å². The maximum Gasteiger partial charge on any atom is 0.335 e. The first-order valence-corrected chi connectivity index (χ1v) is 9.44. The molecule has 2 aromatic rings. The molecule has 0 saturated carbocycles. The van der Waals surface area contributed by atoms with Crippen LogP contribution < -0.4 is 5.32 Å². The molecule has 0 aliphatic carbocycles. The second-order valence-corrected chi connectivity index (χ2v) is 7.25. The van der Waals surface area contributed by atoms with Gasteiger partial charge in [-0.2, -0.15) is 0 Å². The third-order valence-electron chi connectivity index (χ3n) is 5.04. The van der Waals surface area contributed by atoms with Crippen molar-refractivity contribution in [3.8, 4) is 0 Å². The number of hydrogen-bond donors (Lipinski definition) is 2. The molecule has 2 amide bonds. The number of rotatable bonds is 5. The van der Waals surface area contributed by atoms with E-state index in [1.54, 1.807) is 36.4 Å². The fourth-order valence-corrected chi connectivity index (χ4v) is 3.35. The predicted molar refractivity (Wildman–Crippen MR) is 106 cm³/mol. The number of piperidine rings is 1. The van der Waals surface area contributed by atoms with Gasteiger partial charge in [0, 0.05) is 13.1 Å². The zero-order valence-corrected chi connectivity index (χ0v) is 15.9. The molecule has 0 bridgehead atoms. The lowest BCUT2D eigenvalue weighted by molar-refractivity contribution is -0.115. The molecule has 146 valence electrons. The minimum atomic E-state index is -1.03. The molecular formula is C22H24N2O4. The molecule has 3 rings (SSSR count). The minimum absolute atomic E-state index is 0.0326. The summed E-state index contributed by atoms with van der Waals surface area (Å²) in [6, 6.07) is 13.3. The van der Waals surface area contributed by atoms with Crippen molar-refractivity contribution >= 4 is 23.5 Å². The van der Waals surface area contributed by atoms with Gasteiger partial charge in [0.25, 0.3) is 5.91 Å². The Hall–Kier alpha value is -3.15. The summed E-state index contributed by atoms with van der Waals surface area (Å²) in [5.74, 6) is -0.777. The Kier molecular flexibility index (Phi) is 6.09. The summed E-state index contributed by atoms with van der Waals surface area (Å²) in [6.07, 6.45) is 2.01. The van der Waals surface area contributed by atoms with Crippen LogP contribution >= 0.6 is 0 Å². The minimum Gasteiger partial charge on any atom is -0.478 e. The van der Waals surface area contributed by atoms with Gasteiger partial charge in [-0.15, -0.1) is 0 Å². The highest BCUT2D eigenvalue weighted by Crippen LogP contribution is 2.22. The molecule has 0 unspecified atom stereocenters. The smallest absolute Gasteiger partial charge is 0.335 e. The Balaban J connectivity index is 1.71. The van der Waals surface area contributed by atoms with Crippen LogP contribution in [0.1, 0.15) is 46.0 Å². The van der Waals surface area contributed by atoms with Crippen LogP contribution in [0.5, 0.6) is 0 Å². The normalized spacial score (nSPS) is 14.5. The van der Waals surface area contributed by atoms with Crippen molar-refractivity contribution in [2.24, 2.45) is 5.92 Å². The first kappa shape index (κ1) is 19.6. The number of carboxylic acid groups (broad SMARTS) is 1. The van der Waals surface area contributed by atoms with E-state index in [2.05, 4.69) is 12.2 Å². The van der Waals surface area contributed by atoms with Gasteiger partial charge in [-0.25, -0.2) is 4.79 Å². The maximum absolute atomic E-state index is 12.9. The standard InChI is InChI=1S/C22H24N2O4/c1-15-9-11-24(12-10-15)21(26)18-7-2-3-8-19(18)23-20(25)14-16-5-4-6-17(13-16)22(27)28/h2-8,13,15H,9-12,14H2,1H3,(H,23,25)(H,27,28). The Morgan fingerprint density at radius 1 is 1.07 bits per heavy atom. The van der Waals surface area contributed by atoms with Crippen LogP contribution in [0, 0.1) is 5.92 Å². The highest BCUT2D eigenvalue weighted by molar-refractivity contribution is 6.04. The number of benzene rings is 2. The van der Waals surface area contributed by atoms with Gasteiger partial charge in [-0.3, -0.25) is 9.59 Å². The number of hydrogen-bond acceptors (Lipinski definition) is 3. The van der Waals surface area contributed by atoms with Gasteiger partial charge in [-0.1, -0.05) is 31.2 Å². The second kappa shape index (κ2) is 8.69. The Morgan fingerprint density at radius 2 is 1.79 bits per heavy atom. The van der Waals surface area contributed by atoms with Crippen LogP contribution in [0.2, 0.25) is 0 Å². The molecule has 6 heteroatoms. The molecule has 1 fully saturated rings. The summed E-state index contributed by atoms with van der Waals surface area (Å²) in [6.45, 7) is 3.64. The fourth-order valence-electron chi connectivity index (χ4n) is 3.35. The van der Waals surface area contributed by atoms with E-state index in [0.717, 1.165) is 25.9 Å². The number of carboxylic acids is 1. The third kappa shape index (κ3) is 4.76. The van der Waals surface area contributed by atoms with E-state index in [4.69, 9.17) is 5.11 Å². The van der Waals surface area contributed by atoms with Gasteiger partial charge >= 0.3 is 5.97 Å². The van der Waals surface area contributed by atoms with Crippen molar-refractivity contribution < 1.29 is 19.5 Å². The molecule has 0 radical (unpaired) electrons. The van der Waals surface area contributed by atoms with Crippen molar-refractivity contribution in [2.75, 3.05) is 18.4 Å². The topological polar surface area (TPSA) is 86.7 Å². The molecule has 0 aromatic heterocycles. The molecule has 0 atom stereocenters. The summed E-state index contributed by atoms with van der Waals surface area (Å²) in [7, 11) is 0. The summed E-state index contributed by atoms with van der Waals surface area (Å²) in [5.41, 5.74) is 1.70.